The SMILES string of the molecule is ClC(Cl)(Cl)NC1CCCCC1. The second kappa shape index (κ2) is 4.18. The topological polar surface area (TPSA) is 12.0 Å². The van der Waals surface area contributed by atoms with Gasteiger partial charge in [0.2, 0.25) is 3.92 Å². The van der Waals surface area contributed by atoms with Crippen molar-refractivity contribution in [2.45, 2.75) is 42.1 Å². The molecule has 1 rings (SSSR count). The number of nitrogens with one attached hydrogen (secondary N) is 1. The summed E-state index contributed by atoms with van der Waals surface area (Å²) in [6.07, 6.45) is 6.08. The van der Waals surface area contributed by atoms with Gasteiger partial charge in [0, 0.05) is 6.04 Å². The summed E-state index contributed by atoms with van der Waals surface area (Å²) in [5.74, 6) is 0. The Morgan fingerprint density at radius 1 is 1.00 bits per heavy atom. The van der Waals surface area contributed by atoms with E-state index in [0.29, 0.717) is 6.04 Å². The van der Waals surface area contributed by atoms with E-state index in [1.807, 2.05) is 0 Å². The lowest BCUT2D eigenvalue weighted by molar-refractivity contribution is 0.376. The van der Waals surface area contributed by atoms with Gasteiger partial charge >= 0.3 is 0 Å². The molecule has 0 atom stereocenters. The Kier molecular flexibility index (Phi) is 3.76. The van der Waals surface area contributed by atoms with Crippen LogP contribution >= 0.6 is 34.8 Å². The molecule has 0 spiro atoms. The number of rotatable bonds is 1. The highest BCUT2D eigenvalue weighted by molar-refractivity contribution is 6.67. The Morgan fingerprint density at radius 3 is 2.00 bits per heavy atom. The van der Waals surface area contributed by atoms with Gasteiger partial charge in [0.1, 0.15) is 0 Å². The van der Waals surface area contributed by atoms with E-state index in [1.165, 1.54) is 19.3 Å². The molecule has 4 heteroatoms. The van der Waals surface area contributed by atoms with Gasteiger partial charge in [-0.3, -0.25) is 5.32 Å². The van der Waals surface area contributed by atoms with Crippen molar-refractivity contribution in [3.8, 4) is 0 Å². The first-order valence-electron chi connectivity index (χ1n) is 3.92. The van der Waals surface area contributed by atoms with Gasteiger partial charge in [-0.15, -0.1) is 0 Å². The summed E-state index contributed by atoms with van der Waals surface area (Å²) < 4.78 is -1.28. The van der Waals surface area contributed by atoms with E-state index in [4.69, 9.17) is 34.8 Å². The molecule has 0 saturated heterocycles. The van der Waals surface area contributed by atoms with Gasteiger partial charge in [0.15, 0.2) is 0 Å². The minimum Gasteiger partial charge on any atom is -0.270 e. The lowest BCUT2D eigenvalue weighted by atomic mass is 9.96. The third-order valence-corrected chi connectivity index (χ3v) is 2.30. The molecule has 1 aliphatic carbocycles. The Hall–Kier alpha value is 0.830. The van der Waals surface area contributed by atoms with Gasteiger partial charge in [-0.2, -0.15) is 0 Å². The van der Waals surface area contributed by atoms with Crippen LogP contribution in [0.25, 0.3) is 0 Å². The van der Waals surface area contributed by atoms with Crippen LogP contribution in [0.2, 0.25) is 0 Å². The summed E-state index contributed by atoms with van der Waals surface area (Å²) in [7, 11) is 0. The zero-order valence-electron chi connectivity index (χ0n) is 6.25. The van der Waals surface area contributed by atoms with Crippen molar-refractivity contribution in [2.24, 2.45) is 0 Å². The van der Waals surface area contributed by atoms with Gasteiger partial charge < -0.3 is 0 Å². The van der Waals surface area contributed by atoms with E-state index in [-0.39, 0.29) is 0 Å². The van der Waals surface area contributed by atoms with E-state index in [2.05, 4.69) is 5.32 Å². The molecule has 0 heterocycles. The number of alkyl halides is 3. The molecule has 0 bridgehead atoms. The van der Waals surface area contributed by atoms with E-state index < -0.39 is 3.92 Å². The minimum atomic E-state index is -1.28. The fraction of sp³-hybridized carbons (Fsp3) is 1.00. The largest absolute Gasteiger partial charge is 0.270 e. The first kappa shape index (κ1) is 9.91. The van der Waals surface area contributed by atoms with E-state index in [9.17, 15) is 0 Å². The molecule has 0 aromatic heterocycles. The smallest absolute Gasteiger partial charge is 0.245 e. The fourth-order valence-electron chi connectivity index (χ4n) is 1.48. The minimum absolute atomic E-state index is 0.399. The Morgan fingerprint density at radius 2 is 1.55 bits per heavy atom. The predicted octanol–water partition coefficient (Wildman–Crippen LogP) is 3.24. The van der Waals surface area contributed by atoms with E-state index in [0.717, 1.165) is 12.8 Å². The number of halogens is 3. The predicted molar refractivity (Wildman–Crippen MR) is 50.3 cm³/mol. The van der Waals surface area contributed by atoms with Crippen LogP contribution in [0.1, 0.15) is 32.1 Å². The van der Waals surface area contributed by atoms with Gasteiger partial charge in [-0.25, -0.2) is 0 Å². The van der Waals surface area contributed by atoms with Crippen molar-refractivity contribution in [1.29, 1.82) is 0 Å². The Bertz CT molecular complexity index is 115. The molecule has 1 nitrogen and oxygen atoms in total. The average molecular weight is 217 g/mol. The van der Waals surface area contributed by atoms with Crippen LogP contribution in [0.4, 0.5) is 0 Å². The summed E-state index contributed by atoms with van der Waals surface area (Å²) >= 11 is 16.8. The molecule has 66 valence electrons. The molecule has 0 amide bonds. The first-order valence-corrected chi connectivity index (χ1v) is 5.06. The molecule has 0 aromatic carbocycles. The fourth-order valence-corrected chi connectivity index (χ4v) is 1.94. The average Bonchev–Trinajstić information content (AvgIpc) is 1.85. The van der Waals surface area contributed by atoms with Gasteiger partial charge in [-0.05, 0) is 12.8 Å². The summed E-state index contributed by atoms with van der Waals surface area (Å²) in [5.41, 5.74) is 0. The molecule has 1 saturated carbocycles. The lowest BCUT2D eigenvalue weighted by Crippen LogP contribution is -2.39. The summed E-state index contributed by atoms with van der Waals surface area (Å²) in [6, 6.07) is 0.399. The molecular formula is C7H12Cl3N. The molecule has 1 fully saturated rings. The zero-order valence-corrected chi connectivity index (χ0v) is 8.51. The van der Waals surface area contributed by atoms with Crippen LogP contribution in [-0.4, -0.2) is 9.96 Å². The highest BCUT2D eigenvalue weighted by Crippen LogP contribution is 2.26. The first-order chi connectivity index (χ1) is 5.08. The molecule has 0 aromatic rings. The third-order valence-electron chi connectivity index (χ3n) is 1.97. The van der Waals surface area contributed by atoms with Crippen molar-refractivity contribution in [3.05, 3.63) is 0 Å². The molecule has 1 N–H and O–H groups in total. The van der Waals surface area contributed by atoms with Crippen molar-refractivity contribution < 1.29 is 0 Å². The Balaban J connectivity index is 2.24. The summed E-state index contributed by atoms with van der Waals surface area (Å²) in [5, 5.41) is 2.95. The maximum absolute atomic E-state index is 5.59. The monoisotopic (exact) mass is 215 g/mol. The van der Waals surface area contributed by atoms with Gasteiger partial charge in [0.25, 0.3) is 0 Å². The molecular weight excluding hydrogens is 204 g/mol. The molecule has 0 unspecified atom stereocenters. The summed E-state index contributed by atoms with van der Waals surface area (Å²) in [6.45, 7) is 0. The van der Waals surface area contributed by atoms with Crippen LogP contribution < -0.4 is 5.32 Å². The van der Waals surface area contributed by atoms with Crippen molar-refractivity contribution in [3.63, 3.8) is 0 Å². The lowest BCUT2D eigenvalue weighted by Gasteiger charge is -2.26. The standard InChI is InChI=1S/C7H12Cl3N/c8-7(9,10)11-6-4-2-1-3-5-6/h6,11H,1-5H2. The maximum Gasteiger partial charge on any atom is 0.245 e. The third kappa shape index (κ3) is 4.41. The molecule has 11 heavy (non-hydrogen) atoms. The quantitative estimate of drug-likeness (QED) is 0.524. The zero-order chi connectivity index (χ0) is 8.32. The van der Waals surface area contributed by atoms with Crippen molar-refractivity contribution >= 4 is 34.8 Å². The Labute approximate surface area is 82.4 Å². The van der Waals surface area contributed by atoms with Crippen LogP contribution in [0.5, 0.6) is 0 Å². The number of hydrogen-bond donors (Lipinski definition) is 1. The maximum atomic E-state index is 5.59. The van der Waals surface area contributed by atoms with Gasteiger partial charge in [0.05, 0.1) is 0 Å². The van der Waals surface area contributed by atoms with Crippen LogP contribution in [0.15, 0.2) is 0 Å². The highest BCUT2D eigenvalue weighted by Gasteiger charge is 2.24. The summed E-state index contributed by atoms with van der Waals surface area (Å²) in [4.78, 5) is 0. The van der Waals surface area contributed by atoms with Crippen LogP contribution in [0, 0.1) is 0 Å². The van der Waals surface area contributed by atoms with E-state index in [1.54, 1.807) is 0 Å². The molecule has 1 aliphatic rings. The number of hydrogen-bond acceptors (Lipinski definition) is 1. The van der Waals surface area contributed by atoms with Crippen LogP contribution in [-0.2, 0) is 0 Å². The highest BCUT2D eigenvalue weighted by atomic mass is 35.6. The van der Waals surface area contributed by atoms with Crippen molar-refractivity contribution in [2.75, 3.05) is 0 Å². The normalized spacial score (nSPS) is 22.1. The molecule has 0 radical (unpaired) electrons. The second-order valence-electron chi connectivity index (χ2n) is 2.98. The van der Waals surface area contributed by atoms with Crippen LogP contribution in [0.3, 0.4) is 0 Å². The second-order valence-corrected chi connectivity index (χ2v) is 5.26. The van der Waals surface area contributed by atoms with E-state index >= 15 is 0 Å². The molecule has 0 aliphatic heterocycles. The van der Waals surface area contributed by atoms with Gasteiger partial charge in [-0.1, -0.05) is 54.1 Å². The van der Waals surface area contributed by atoms with Crippen molar-refractivity contribution in [1.82, 2.24) is 5.32 Å².